The number of hydrogen-bond acceptors (Lipinski definition) is 3. The van der Waals surface area contributed by atoms with Gasteiger partial charge in [0.25, 0.3) is 5.69 Å². The minimum Gasteiger partial charge on any atom is -0.258 e. The third kappa shape index (κ3) is 2.79. The van der Waals surface area contributed by atoms with Crippen LogP contribution >= 0.6 is 23.4 Å². The highest BCUT2D eigenvalue weighted by Crippen LogP contribution is 2.32. The van der Waals surface area contributed by atoms with E-state index >= 15 is 0 Å². The van der Waals surface area contributed by atoms with Crippen molar-refractivity contribution in [1.29, 1.82) is 0 Å². The van der Waals surface area contributed by atoms with E-state index in [1.807, 2.05) is 0 Å². The molecule has 0 bridgehead atoms. The smallest absolute Gasteiger partial charge is 0.258 e. The van der Waals surface area contributed by atoms with Gasteiger partial charge in [0.15, 0.2) is 11.6 Å². The van der Waals surface area contributed by atoms with Crippen LogP contribution < -0.4 is 0 Å². The summed E-state index contributed by atoms with van der Waals surface area (Å²) in [5, 5.41) is 10.5. The van der Waals surface area contributed by atoms with Gasteiger partial charge in [-0.1, -0.05) is 0 Å². The Morgan fingerprint density at radius 1 is 1.47 bits per heavy atom. The van der Waals surface area contributed by atoms with Gasteiger partial charge in [-0.3, -0.25) is 10.1 Å². The first-order valence-electron chi connectivity index (χ1n) is 3.89. The zero-order valence-electron chi connectivity index (χ0n) is 7.37. The van der Waals surface area contributed by atoms with Crippen molar-refractivity contribution < 1.29 is 13.7 Å². The molecule has 0 radical (unpaired) electrons. The number of benzene rings is 1. The molecule has 0 amide bonds. The molecule has 0 fully saturated rings. The topological polar surface area (TPSA) is 43.1 Å². The first-order chi connectivity index (χ1) is 7.07. The molecule has 1 rings (SSSR count). The van der Waals surface area contributed by atoms with Gasteiger partial charge in [0.1, 0.15) is 4.90 Å². The second kappa shape index (κ2) is 5.27. The minimum atomic E-state index is -1.20. The van der Waals surface area contributed by atoms with Gasteiger partial charge in [-0.15, -0.1) is 23.4 Å². The van der Waals surface area contributed by atoms with Crippen molar-refractivity contribution in [2.24, 2.45) is 0 Å². The molecule has 0 aliphatic rings. The summed E-state index contributed by atoms with van der Waals surface area (Å²) in [6.07, 6.45) is 0. The van der Waals surface area contributed by atoms with Crippen LogP contribution in [-0.2, 0) is 0 Å². The fraction of sp³-hybridized carbons (Fsp3) is 0.250. The average molecular weight is 254 g/mol. The van der Waals surface area contributed by atoms with Crippen molar-refractivity contribution in [2.45, 2.75) is 4.90 Å². The Labute approximate surface area is 93.6 Å². The van der Waals surface area contributed by atoms with Crippen LogP contribution in [0.3, 0.4) is 0 Å². The molecule has 0 aliphatic carbocycles. The Hall–Kier alpha value is -0.880. The molecule has 0 spiro atoms. The summed E-state index contributed by atoms with van der Waals surface area (Å²) >= 11 is 6.20. The van der Waals surface area contributed by atoms with Crippen LogP contribution in [0.4, 0.5) is 14.5 Å². The maximum atomic E-state index is 13.2. The van der Waals surface area contributed by atoms with E-state index in [9.17, 15) is 18.9 Å². The van der Waals surface area contributed by atoms with Gasteiger partial charge >= 0.3 is 0 Å². The lowest BCUT2D eigenvalue weighted by atomic mass is 10.3. The molecule has 0 saturated heterocycles. The molecule has 0 unspecified atom stereocenters. The lowest BCUT2D eigenvalue weighted by Gasteiger charge is -2.03. The quantitative estimate of drug-likeness (QED) is 0.358. The average Bonchev–Trinajstić information content (AvgIpc) is 2.19. The van der Waals surface area contributed by atoms with E-state index in [2.05, 4.69) is 0 Å². The summed E-state index contributed by atoms with van der Waals surface area (Å²) in [6.45, 7) is 0. The SMILES string of the molecule is O=[N+]([O-])c1ccc(F)c(F)c1SCCCl. The molecule has 15 heavy (non-hydrogen) atoms. The second-order valence-electron chi connectivity index (χ2n) is 2.50. The summed E-state index contributed by atoms with van der Waals surface area (Å²) in [7, 11) is 0. The van der Waals surface area contributed by atoms with Gasteiger partial charge in [0.2, 0.25) is 0 Å². The number of halogens is 3. The molecule has 82 valence electrons. The van der Waals surface area contributed by atoms with Gasteiger partial charge < -0.3 is 0 Å². The summed E-state index contributed by atoms with van der Waals surface area (Å²) in [5.41, 5.74) is -0.441. The normalized spacial score (nSPS) is 10.3. The summed E-state index contributed by atoms with van der Waals surface area (Å²) < 4.78 is 26.0. The Balaban J connectivity index is 3.16. The van der Waals surface area contributed by atoms with Gasteiger partial charge in [-0.2, -0.15) is 0 Å². The van der Waals surface area contributed by atoms with Gasteiger partial charge in [-0.05, 0) is 6.07 Å². The van der Waals surface area contributed by atoms with E-state index in [1.165, 1.54) is 0 Å². The van der Waals surface area contributed by atoms with E-state index in [1.54, 1.807) is 0 Å². The first kappa shape index (κ1) is 12.2. The van der Waals surface area contributed by atoms with Crippen molar-refractivity contribution >= 4 is 29.1 Å². The molecule has 0 heterocycles. The molecule has 7 heteroatoms. The second-order valence-corrected chi connectivity index (χ2v) is 3.99. The molecule has 0 atom stereocenters. The number of hydrogen-bond donors (Lipinski definition) is 0. The molecule has 0 saturated carbocycles. The zero-order valence-corrected chi connectivity index (χ0v) is 8.95. The molecule has 3 nitrogen and oxygen atoms in total. The maximum Gasteiger partial charge on any atom is 0.286 e. The fourth-order valence-corrected chi connectivity index (χ4v) is 1.97. The minimum absolute atomic E-state index is 0.206. The van der Waals surface area contributed by atoms with Gasteiger partial charge in [0.05, 0.1) is 4.92 Å². The monoisotopic (exact) mass is 253 g/mol. The van der Waals surface area contributed by atoms with Crippen molar-refractivity contribution in [2.75, 3.05) is 11.6 Å². The lowest BCUT2D eigenvalue weighted by Crippen LogP contribution is -1.97. The molecular weight excluding hydrogens is 248 g/mol. The molecule has 0 N–H and O–H groups in total. The van der Waals surface area contributed by atoms with E-state index in [4.69, 9.17) is 11.6 Å². The van der Waals surface area contributed by atoms with Gasteiger partial charge in [-0.25, -0.2) is 8.78 Å². The van der Waals surface area contributed by atoms with E-state index in [0.717, 1.165) is 23.9 Å². The van der Waals surface area contributed by atoms with Crippen molar-refractivity contribution in [3.8, 4) is 0 Å². The van der Waals surface area contributed by atoms with Crippen LogP contribution in [0.15, 0.2) is 17.0 Å². The maximum absolute atomic E-state index is 13.2. The van der Waals surface area contributed by atoms with Gasteiger partial charge in [0, 0.05) is 17.7 Å². The van der Waals surface area contributed by atoms with E-state index in [0.29, 0.717) is 0 Å². The highest BCUT2D eigenvalue weighted by molar-refractivity contribution is 7.99. The van der Waals surface area contributed by atoms with Crippen LogP contribution in [0.1, 0.15) is 0 Å². The van der Waals surface area contributed by atoms with E-state index < -0.39 is 22.2 Å². The first-order valence-corrected chi connectivity index (χ1v) is 5.41. The van der Waals surface area contributed by atoms with Crippen LogP contribution in [0.5, 0.6) is 0 Å². The summed E-state index contributed by atoms with van der Waals surface area (Å²) in [5.74, 6) is -1.81. The third-order valence-corrected chi connectivity index (χ3v) is 3.05. The number of nitro benzene ring substituents is 1. The van der Waals surface area contributed by atoms with Crippen molar-refractivity contribution in [1.82, 2.24) is 0 Å². The molecule has 1 aromatic rings. The number of rotatable bonds is 4. The number of thioether (sulfide) groups is 1. The number of nitro groups is 1. The fourth-order valence-electron chi connectivity index (χ4n) is 0.944. The number of alkyl halides is 1. The van der Waals surface area contributed by atoms with Crippen LogP contribution in [0.2, 0.25) is 0 Å². The number of nitrogens with zero attached hydrogens (tertiary/aromatic N) is 1. The standard InChI is InChI=1S/C8H6ClF2NO2S/c9-3-4-15-8-6(12(13)14)2-1-5(10)7(8)11/h1-2H,3-4H2. The Kier molecular flexibility index (Phi) is 4.28. The molecule has 0 aromatic heterocycles. The highest BCUT2D eigenvalue weighted by Gasteiger charge is 2.21. The van der Waals surface area contributed by atoms with Crippen molar-refractivity contribution in [3.63, 3.8) is 0 Å². The molecule has 1 aromatic carbocycles. The largest absolute Gasteiger partial charge is 0.286 e. The van der Waals surface area contributed by atoms with Crippen molar-refractivity contribution in [3.05, 3.63) is 33.9 Å². The Morgan fingerprint density at radius 2 is 2.13 bits per heavy atom. The zero-order chi connectivity index (χ0) is 11.4. The molecular formula is C8H6ClF2NO2S. The Bertz CT molecular complexity index is 389. The van der Waals surface area contributed by atoms with Crippen LogP contribution in [-0.4, -0.2) is 16.6 Å². The lowest BCUT2D eigenvalue weighted by molar-refractivity contribution is -0.388. The molecule has 0 aliphatic heterocycles. The third-order valence-electron chi connectivity index (χ3n) is 1.55. The van der Waals surface area contributed by atoms with Crippen LogP contribution in [0, 0.1) is 21.7 Å². The summed E-state index contributed by atoms with van der Waals surface area (Å²) in [6, 6.07) is 1.67. The van der Waals surface area contributed by atoms with Crippen LogP contribution in [0.25, 0.3) is 0 Å². The highest BCUT2D eigenvalue weighted by atomic mass is 35.5. The summed E-state index contributed by atoms with van der Waals surface area (Å²) in [4.78, 5) is 9.46. The Morgan fingerprint density at radius 3 is 2.67 bits per heavy atom. The predicted octanol–water partition coefficient (Wildman–Crippen LogP) is 3.20. The predicted molar refractivity (Wildman–Crippen MR) is 54.5 cm³/mol. The van der Waals surface area contributed by atoms with E-state index in [-0.39, 0.29) is 16.5 Å².